The summed E-state index contributed by atoms with van der Waals surface area (Å²) in [4.78, 5) is 12.9. The fraction of sp³-hybridized carbons (Fsp3) is 0.235. The number of alkyl halides is 3. The number of quaternary nitrogens is 1. The lowest BCUT2D eigenvalue weighted by atomic mass is 10.1. The van der Waals surface area contributed by atoms with Crippen LogP contribution in [0, 0.1) is 0 Å². The lowest BCUT2D eigenvalue weighted by molar-refractivity contribution is -0.885. The van der Waals surface area contributed by atoms with Crippen LogP contribution in [0.4, 0.5) is 18.9 Å². The number of para-hydroxylation sites is 1. The predicted molar refractivity (Wildman–Crippen MR) is 87.0 cm³/mol. The molecule has 0 bridgehead atoms. The van der Waals surface area contributed by atoms with Crippen LogP contribution in [0.15, 0.2) is 48.5 Å². The number of nitrogens with one attached hydrogen (secondary N) is 2. The Kier molecular flexibility index (Phi) is 5.85. The topological polar surface area (TPSA) is 33.5 Å². The molecule has 24 heavy (non-hydrogen) atoms. The normalized spacial score (nSPS) is 12.7. The Morgan fingerprint density at radius 3 is 2.38 bits per heavy atom. The standard InChI is InChI=1S/C17H16ClF3N2O/c1-23(10-12-6-8-13(18)9-7-12)11-16(24)22-15-5-3-2-4-14(15)17(19,20)21/h2-9H,10-11H2,1H3,(H,22,24)/p+1. The maximum absolute atomic E-state index is 12.9. The third-order valence-corrected chi connectivity index (χ3v) is 3.64. The molecule has 0 radical (unpaired) electrons. The Bertz CT molecular complexity index is 702. The number of carbonyl (C=O) groups excluding carboxylic acids is 1. The molecule has 2 aromatic carbocycles. The summed E-state index contributed by atoms with van der Waals surface area (Å²) in [5.74, 6) is -0.474. The van der Waals surface area contributed by atoms with Gasteiger partial charge in [-0.2, -0.15) is 13.2 Å². The van der Waals surface area contributed by atoms with Gasteiger partial charge < -0.3 is 10.2 Å². The summed E-state index contributed by atoms with van der Waals surface area (Å²) in [6.07, 6.45) is -4.51. The van der Waals surface area contributed by atoms with Crippen molar-refractivity contribution in [2.75, 3.05) is 18.9 Å². The summed E-state index contributed by atoms with van der Waals surface area (Å²) in [5, 5.41) is 2.97. The largest absolute Gasteiger partial charge is 0.418 e. The molecule has 0 aliphatic carbocycles. The number of halogens is 4. The van der Waals surface area contributed by atoms with Crippen molar-refractivity contribution in [3.63, 3.8) is 0 Å². The van der Waals surface area contributed by atoms with Gasteiger partial charge in [0.1, 0.15) is 6.54 Å². The van der Waals surface area contributed by atoms with Crippen LogP contribution >= 0.6 is 11.6 Å². The van der Waals surface area contributed by atoms with Gasteiger partial charge in [-0.05, 0) is 24.3 Å². The van der Waals surface area contributed by atoms with Crippen molar-refractivity contribution in [2.45, 2.75) is 12.7 Å². The molecular weight excluding hydrogens is 341 g/mol. The van der Waals surface area contributed by atoms with Crippen molar-refractivity contribution in [2.24, 2.45) is 0 Å². The molecule has 0 aromatic heterocycles. The highest BCUT2D eigenvalue weighted by Gasteiger charge is 2.33. The van der Waals surface area contributed by atoms with Gasteiger partial charge in [-0.3, -0.25) is 4.79 Å². The minimum absolute atomic E-state index is 0.0504. The first kappa shape index (κ1) is 18.3. The molecule has 7 heteroatoms. The summed E-state index contributed by atoms with van der Waals surface area (Å²) in [7, 11) is 1.80. The molecule has 128 valence electrons. The van der Waals surface area contributed by atoms with Gasteiger partial charge >= 0.3 is 6.18 Å². The van der Waals surface area contributed by atoms with Crippen LogP contribution in [0.5, 0.6) is 0 Å². The van der Waals surface area contributed by atoms with E-state index in [0.29, 0.717) is 11.6 Å². The molecule has 0 aliphatic heterocycles. The number of hydrogen-bond donors (Lipinski definition) is 2. The fourth-order valence-corrected chi connectivity index (χ4v) is 2.45. The van der Waals surface area contributed by atoms with Gasteiger partial charge in [-0.15, -0.1) is 0 Å². The van der Waals surface area contributed by atoms with Crippen LogP contribution in [-0.2, 0) is 17.5 Å². The van der Waals surface area contributed by atoms with Crippen molar-refractivity contribution < 1.29 is 22.9 Å². The second-order valence-corrected chi connectivity index (χ2v) is 5.97. The monoisotopic (exact) mass is 357 g/mol. The Labute approximate surface area is 143 Å². The van der Waals surface area contributed by atoms with Crippen molar-refractivity contribution >= 4 is 23.2 Å². The van der Waals surface area contributed by atoms with E-state index in [2.05, 4.69) is 5.32 Å². The van der Waals surface area contributed by atoms with Crippen LogP contribution in [0.3, 0.4) is 0 Å². The lowest BCUT2D eigenvalue weighted by Crippen LogP contribution is -3.08. The molecular formula is C17H17ClF3N2O+. The molecule has 0 heterocycles. The second-order valence-electron chi connectivity index (χ2n) is 5.53. The smallest absolute Gasteiger partial charge is 0.326 e. The number of anilines is 1. The first-order chi connectivity index (χ1) is 11.3. The summed E-state index contributed by atoms with van der Waals surface area (Å²) >= 11 is 5.81. The Morgan fingerprint density at radius 2 is 1.75 bits per heavy atom. The molecule has 0 fully saturated rings. The number of benzene rings is 2. The maximum Gasteiger partial charge on any atom is 0.418 e. The molecule has 2 rings (SSSR count). The molecule has 1 amide bonds. The molecule has 2 aromatic rings. The summed E-state index contributed by atoms with van der Waals surface area (Å²) in [5.41, 5.74) is -0.0941. The molecule has 3 nitrogen and oxygen atoms in total. The van der Waals surface area contributed by atoms with Crippen LogP contribution < -0.4 is 10.2 Å². The third-order valence-electron chi connectivity index (χ3n) is 3.39. The zero-order valence-electron chi connectivity index (χ0n) is 13.0. The maximum atomic E-state index is 12.9. The third kappa shape index (κ3) is 5.25. The number of carbonyl (C=O) groups is 1. The van der Waals surface area contributed by atoms with Gasteiger partial charge in [-0.1, -0.05) is 35.9 Å². The average molecular weight is 358 g/mol. The first-order valence-electron chi connectivity index (χ1n) is 7.27. The van der Waals surface area contributed by atoms with Crippen molar-refractivity contribution in [3.05, 3.63) is 64.7 Å². The number of hydrogen-bond acceptors (Lipinski definition) is 1. The molecule has 0 saturated carbocycles. The fourth-order valence-electron chi connectivity index (χ4n) is 2.32. The van der Waals surface area contributed by atoms with E-state index in [9.17, 15) is 18.0 Å². The summed E-state index contributed by atoms with van der Waals surface area (Å²) in [6, 6.07) is 12.1. The van der Waals surface area contributed by atoms with Crippen LogP contribution in [-0.4, -0.2) is 19.5 Å². The predicted octanol–water partition coefficient (Wildman–Crippen LogP) is 3.01. The molecule has 1 unspecified atom stereocenters. The van der Waals surface area contributed by atoms with Gasteiger partial charge in [0.2, 0.25) is 0 Å². The quantitative estimate of drug-likeness (QED) is 0.847. The zero-order valence-corrected chi connectivity index (χ0v) is 13.7. The Morgan fingerprint density at radius 1 is 1.12 bits per heavy atom. The van der Waals surface area contributed by atoms with Crippen molar-refractivity contribution in [3.8, 4) is 0 Å². The Balaban J connectivity index is 1.97. The SMILES string of the molecule is C[NH+](CC(=O)Nc1ccccc1C(F)(F)F)Cc1ccc(Cl)cc1. The number of rotatable bonds is 5. The van der Waals surface area contributed by atoms with Gasteiger partial charge in [-0.25, -0.2) is 0 Å². The van der Waals surface area contributed by atoms with E-state index in [-0.39, 0.29) is 12.2 Å². The van der Waals surface area contributed by atoms with E-state index >= 15 is 0 Å². The molecule has 0 spiro atoms. The molecule has 2 N–H and O–H groups in total. The minimum Gasteiger partial charge on any atom is -0.326 e. The second kappa shape index (κ2) is 7.68. The van der Waals surface area contributed by atoms with E-state index < -0.39 is 17.6 Å². The lowest BCUT2D eigenvalue weighted by Gasteiger charge is -2.16. The molecule has 1 atom stereocenters. The highest BCUT2D eigenvalue weighted by molar-refractivity contribution is 6.30. The van der Waals surface area contributed by atoms with E-state index in [1.54, 1.807) is 19.2 Å². The van der Waals surface area contributed by atoms with E-state index in [0.717, 1.165) is 16.5 Å². The van der Waals surface area contributed by atoms with Crippen LogP contribution in [0.1, 0.15) is 11.1 Å². The average Bonchev–Trinajstić information content (AvgIpc) is 2.49. The Hall–Kier alpha value is -2.05. The summed E-state index contributed by atoms with van der Waals surface area (Å²) < 4.78 is 38.7. The van der Waals surface area contributed by atoms with E-state index in [1.807, 2.05) is 12.1 Å². The minimum atomic E-state index is -4.51. The van der Waals surface area contributed by atoms with Gasteiger partial charge in [0.25, 0.3) is 5.91 Å². The summed E-state index contributed by atoms with van der Waals surface area (Å²) in [6.45, 7) is 0.611. The van der Waals surface area contributed by atoms with E-state index in [4.69, 9.17) is 11.6 Å². The zero-order chi connectivity index (χ0) is 17.7. The number of likely N-dealkylation sites (N-methyl/N-ethyl adjacent to an activating group) is 1. The molecule has 0 aliphatic rings. The van der Waals surface area contributed by atoms with Gasteiger partial charge in [0, 0.05) is 10.6 Å². The van der Waals surface area contributed by atoms with E-state index in [1.165, 1.54) is 18.2 Å². The van der Waals surface area contributed by atoms with Gasteiger partial charge in [0.05, 0.1) is 18.3 Å². The van der Waals surface area contributed by atoms with Crippen LogP contribution in [0.2, 0.25) is 5.02 Å². The number of amides is 1. The highest BCUT2D eigenvalue weighted by Crippen LogP contribution is 2.34. The first-order valence-corrected chi connectivity index (χ1v) is 7.65. The van der Waals surface area contributed by atoms with Crippen molar-refractivity contribution in [1.82, 2.24) is 0 Å². The molecule has 0 saturated heterocycles. The van der Waals surface area contributed by atoms with Crippen LogP contribution in [0.25, 0.3) is 0 Å². The van der Waals surface area contributed by atoms with Crippen molar-refractivity contribution in [1.29, 1.82) is 0 Å². The highest BCUT2D eigenvalue weighted by atomic mass is 35.5. The van der Waals surface area contributed by atoms with Gasteiger partial charge in [0.15, 0.2) is 6.54 Å².